The molecule has 7 nitrogen and oxygen atoms in total. The van der Waals surface area contributed by atoms with Gasteiger partial charge in [0.05, 0.1) is 20.2 Å². The molecule has 0 saturated carbocycles. The Bertz CT molecular complexity index is 695. The van der Waals surface area contributed by atoms with E-state index in [-0.39, 0.29) is 0 Å². The molecule has 0 radical (unpaired) electrons. The van der Waals surface area contributed by atoms with Gasteiger partial charge in [-0.3, -0.25) is 0 Å². The van der Waals surface area contributed by atoms with E-state index in [1.807, 2.05) is 42.8 Å². The van der Waals surface area contributed by atoms with Gasteiger partial charge in [0.15, 0.2) is 11.8 Å². The van der Waals surface area contributed by atoms with Crippen molar-refractivity contribution in [2.75, 3.05) is 13.7 Å². The summed E-state index contributed by atoms with van der Waals surface area (Å²) in [5.74, 6) is 3.39. The Kier molecular flexibility index (Phi) is 7.25. The minimum Gasteiger partial charge on any atom is -0.497 e. The Balaban J connectivity index is 2.01. The van der Waals surface area contributed by atoms with E-state index in [1.165, 1.54) is 0 Å². The molecule has 0 fully saturated rings. The largest absolute Gasteiger partial charge is 0.497 e. The molecule has 0 saturated heterocycles. The molecular formula is C18H28N6O. The van der Waals surface area contributed by atoms with Crippen LogP contribution in [-0.2, 0) is 20.1 Å². The number of aryl methyl sites for hydroxylation is 1. The second-order valence-corrected chi connectivity index (χ2v) is 5.87. The van der Waals surface area contributed by atoms with Crippen LogP contribution in [0.15, 0.2) is 29.3 Å². The number of hydrogen-bond acceptors (Lipinski definition) is 4. The van der Waals surface area contributed by atoms with Crippen LogP contribution in [0.1, 0.15) is 37.0 Å². The highest BCUT2D eigenvalue weighted by molar-refractivity contribution is 5.79. The Morgan fingerprint density at radius 3 is 2.80 bits per heavy atom. The zero-order valence-corrected chi connectivity index (χ0v) is 15.5. The molecule has 2 aromatic rings. The summed E-state index contributed by atoms with van der Waals surface area (Å²) >= 11 is 0. The zero-order valence-electron chi connectivity index (χ0n) is 15.5. The lowest BCUT2D eigenvalue weighted by Crippen LogP contribution is -2.38. The normalized spacial score (nSPS) is 11.4. The molecule has 7 heteroatoms. The van der Waals surface area contributed by atoms with Gasteiger partial charge in [-0.05, 0) is 31.0 Å². The van der Waals surface area contributed by atoms with E-state index in [2.05, 4.69) is 32.7 Å². The van der Waals surface area contributed by atoms with Gasteiger partial charge in [-0.1, -0.05) is 25.5 Å². The van der Waals surface area contributed by atoms with Gasteiger partial charge in [-0.25, -0.2) is 4.99 Å². The van der Waals surface area contributed by atoms with E-state index in [0.717, 1.165) is 48.3 Å². The number of nitrogens with zero attached hydrogens (tertiary/aromatic N) is 4. The molecule has 0 atom stereocenters. The second-order valence-electron chi connectivity index (χ2n) is 5.87. The van der Waals surface area contributed by atoms with Crippen molar-refractivity contribution in [2.45, 2.75) is 39.8 Å². The van der Waals surface area contributed by atoms with Gasteiger partial charge in [-0.2, -0.15) is 0 Å². The molecule has 0 spiro atoms. The van der Waals surface area contributed by atoms with Crippen LogP contribution in [0.25, 0.3) is 0 Å². The Morgan fingerprint density at radius 1 is 1.28 bits per heavy atom. The SMILES string of the molecule is CCCCNC(=NCc1cccc(OC)c1)NCc1nnc(C)n1C. The number of methoxy groups -OCH3 is 1. The molecule has 0 aliphatic carbocycles. The quantitative estimate of drug-likeness (QED) is 0.436. The molecule has 0 bridgehead atoms. The number of benzene rings is 1. The third-order valence-corrected chi connectivity index (χ3v) is 3.97. The average molecular weight is 344 g/mol. The van der Waals surface area contributed by atoms with Gasteiger partial charge in [0, 0.05) is 13.6 Å². The highest BCUT2D eigenvalue weighted by Gasteiger charge is 2.06. The predicted octanol–water partition coefficient (Wildman–Crippen LogP) is 2.17. The van der Waals surface area contributed by atoms with Crippen molar-refractivity contribution < 1.29 is 4.74 Å². The minimum absolute atomic E-state index is 0.577. The van der Waals surface area contributed by atoms with Crippen LogP contribution in [0, 0.1) is 6.92 Å². The Hall–Kier alpha value is -2.57. The molecule has 136 valence electrons. The third-order valence-electron chi connectivity index (χ3n) is 3.97. The van der Waals surface area contributed by atoms with Gasteiger partial charge in [0.1, 0.15) is 11.6 Å². The molecule has 1 aromatic carbocycles. The van der Waals surface area contributed by atoms with Crippen molar-refractivity contribution >= 4 is 5.96 Å². The summed E-state index contributed by atoms with van der Waals surface area (Å²) < 4.78 is 7.24. The topological polar surface area (TPSA) is 76.4 Å². The van der Waals surface area contributed by atoms with Crippen molar-refractivity contribution in [1.29, 1.82) is 0 Å². The summed E-state index contributed by atoms with van der Waals surface area (Å²) in [6.07, 6.45) is 2.24. The lowest BCUT2D eigenvalue weighted by atomic mass is 10.2. The van der Waals surface area contributed by atoms with Crippen molar-refractivity contribution in [3.05, 3.63) is 41.5 Å². The maximum atomic E-state index is 5.26. The Morgan fingerprint density at radius 2 is 2.12 bits per heavy atom. The van der Waals surface area contributed by atoms with Gasteiger partial charge in [0.2, 0.25) is 0 Å². The van der Waals surface area contributed by atoms with E-state index in [9.17, 15) is 0 Å². The minimum atomic E-state index is 0.577. The maximum Gasteiger partial charge on any atom is 0.191 e. The molecule has 2 N–H and O–H groups in total. The first-order valence-corrected chi connectivity index (χ1v) is 8.64. The lowest BCUT2D eigenvalue weighted by molar-refractivity contribution is 0.414. The number of hydrogen-bond donors (Lipinski definition) is 2. The average Bonchev–Trinajstić information content (AvgIpc) is 2.95. The van der Waals surface area contributed by atoms with Crippen molar-refractivity contribution in [1.82, 2.24) is 25.4 Å². The summed E-state index contributed by atoms with van der Waals surface area (Å²) in [7, 11) is 3.63. The van der Waals surface area contributed by atoms with E-state index < -0.39 is 0 Å². The highest BCUT2D eigenvalue weighted by Crippen LogP contribution is 2.13. The van der Waals surface area contributed by atoms with Crippen LogP contribution in [-0.4, -0.2) is 34.4 Å². The van der Waals surface area contributed by atoms with Gasteiger partial charge >= 0.3 is 0 Å². The number of ether oxygens (including phenoxy) is 1. The van der Waals surface area contributed by atoms with Gasteiger partial charge in [-0.15, -0.1) is 10.2 Å². The van der Waals surface area contributed by atoms with Crippen molar-refractivity contribution in [3.63, 3.8) is 0 Å². The number of nitrogens with one attached hydrogen (secondary N) is 2. The third kappa shape index (κ3) is 5.77. The number of aliphatic imine (C=N–C) groups is 1. The zero-order chi connectivity index (χ0) is 18.1. The first kappa shape index (κ1) is 18.8. The fraction of sp³-hybridized carbons (Fsp3) is 0.500. The molecular weight excluding hydrogens is 316 g/mol. The molecule has 1 heterocycles. The summed E-state index contributed by atoms with van der Waals surface area (Å²) in [5.41, 5.74) is 1.10. The number of aromatic nitrogens is 3. The van der Waals surface area contributed by atoms with Crippen molar-refractivity contribution in [2.24, 2.45) is 12.0 Å². The standard InChI is InChI=1S/C18H28N6O/c1-5-6-10-19-18(21-13-17-23-22-14(2)24(17)3)20-12-15-8-7-9-16(11-15)25-4/h7-9,11H,5-6,10,12-13H2,1-4H3,(H2,19,20,21). The Labute approximate surface area is 149 Å². The lowest BCUT2D eigenvalue weighted by Gasteiger charge is -2.12. The fourth-order valence-electron chi connectivity index (χ4n) is 2.27. The van der Waals surface area contributed by atoms with E-state index in [4.69, 9.17) is 4.74 Å². The van der Waals surface area contributed by atoms with Crippen LogP contribution < -0.4 is 15.4 Å². The predicted molar refractivity (Wildman–Crippen MR) is 99.6 cm³/mol. The maximum absolute atomic E-state index is 5.26. The van der Waals surface area contributed by atoms with Gasteiger partial charge < -0.3 is 19.9 Å². The molecule has 0 aliphatic heterocycles. The van der Waals surface area contributed by atoms with Crippen LogP contribution in [0.4, 0.5) is 0 Å². The molecule has 25 heavy (non-hydrogen) atoms. The van der Waals surface area contributed by atoms with Crippen LogP contribution >= 0.6 is 0 Å². The highest BCUT2D eigenvalue weighted by atomic mass is 16.5. The van der Waals surface area contributed by atoms with Crippen LogP contribution in [0.5, 0.6) is 5.75 Å². The first-order valence-electron chi connectivity index (χ1n) is 8.64. The number of unbranched alkanes of at least 4 members (excludes halogenated alkanes) is 1. The second kappa shape index (κ2) is 9.66. The van der Waals surface area contributed by atoms with Crippen LogP contribution in [0.2, 0.25) is 0 Å². The molecule has 2 rings (SSSR count). The van der Waals surface area contributed by atoms with E-state index in [1.54, 1.807) is 7.11 Å². The fourth-order valence-corrected chi connectivity index (χ4v) is 2.27. The van der Waals surface area contributed by atoms with Crippen molar-refractivity contribution in [3.8, 4) is 5.75 Å². The molecule has 0 unspecified atom stereocenters. The summed E-state index contributed by atoms with van der Waals surface area (Å²) in [5, 5.41) is 15.0. The molecule has 0 aliphatic rings. The smallest absolute Gasteiger partial charge is 0.191 e. The number of rotatable bonds is 8. The monoisotopic (exact) mass is 344 g/mol. The first-order chi connectivity index (χ1) is 12.1. The van der Waals surface area contributed by atoms with E-state index >= 15 is 0 Å². The summed E-state index contributed by atoms with van der Waals surface area (Å²) in [6.45, 7) is 6.15. The summed E-state index contributed by atoms with van der Waals surface area (Å²) in [6, 6.07) is 7.95. The van der Waals surface area contributed by atoms with Gasteiger partial charge in [0.25, 0.3) is 0 Å². The van der Waals surface area contributed by atoms with E-state index in [0.29, 0.717) is 13.1 Å². The molecule has 0 amide bonds. The van der Waals surface area contributed by atoms with Crippen LogP contribution in [0.3, 0.4) is 0 Å². The molecule has 1 aromatic heterocycles. The number of guanidine groups is 1. The summed E-state index contributed by atoms with van der Waals surface area (Å²) in [4.78, 5) is 4.67.